The van der Waals surface area contributed by atoms with E-state index in [9.17, 15) is 9.59 Å². The molecule has 0 unspecified atom stereocenters. The van der Waals surface area contributed by atoms with Crippen LogP contribution >= 0.6 is 0 Å². The number of hydrogen-bond donors (Lipinski definition) is 1. The molecule has 1 amide bonds. The lowest BCUT2D eigenvalue weighted by Crippen LogP contribution is -2.04. The quantitative estimate of drug-likeness (QED) is 0.674. The molecule has 0 radical (unpaired) electrons. The summed E-state index contributed by atoms with van der Waals surface area (Å²) in [6, 6.07) is 10.7. The Labute approximate surface area is 110 Å². The second-order valence-corrected chi connectivity index (χ2v) is 4.07. The zero-order valence-electron chi connectivity index (χ0n) is 10.4. The molecule has 0 saturated carbocycles. The van der Waals surface area contributed by atoms with E-state index in [0.29, 0.717) is 17.1 Å². The number of nitrogens with two attached hydrogens (primary N) is 1. The first-order valence-corrected chi connectivity index (χ1v) is 5.75. The van der Waals surface area contributed by atoms with E-state index in [4.69, 9.17) is 10.2 Å². The smallest absolute Gasteiger partial charge is 0.241 e. The second kappa shape index (κ2) is 5.35. The van der Waals surface area contributed by atoms with Gasteiger partial charge in [0.1, 0.15) is 11.5 Å². The summed E-state index contributed by atoms with van der Waals surface area (Å²) in [5.41, 5.74) is 6.45. The van der Waals surface area contributed by atoms with E-state index >= 15 is 0 Å². The van der Waals surface area contributed by atoms with Gasteiger partial charge in [-0.25, -0.2) is 0 Å². The number of benzene rings is 1. The van der Waals surface area contributed by atoms with Gasteiger partial charge in [-0.05, 0) is 31.2 Å². The van der Waals surface area contributed by atoms with Crippen molar-refractivity contribution in [3.63, 3.8) is 0 Å². The first-order valence-electron chi connectivity index (χ1n) is 5.75. The molecule has 2 aromatic rings. The fourth-order valence-electron chi connectivity index (χ4n) is 1.65. The van der Waals surface area contributed by atoms with Gasteiger partial charge >= 0.3 is 0 Å². The summed E-state index contributed by atoms with van der Waals surface area (Å²) in [7, 11) is 0. The first-order chi connectivity index (χ1) is 9.06. The lowest BCUT2D eigenvalue weighted by molar-refractivity contribution is -0.113. The second-order valence-electron chi connectivity index (χ2n) is 4.07. The van der Waals surface area contributed by atoms with Crippen molar-refractivity contribution >= 4 is 17.8 Å². The van der Waals surface area contributed by atoms with Gasteiger partial charge in [-0.15, -0.1) is 0 Å². The molecule has 19 heavy (non-hydrogen) atoms. The first kappa shape index (κ1) is 12.8. The van der Waals surface area contributed by atoms with E-state index in [1.165, 1.54) is 19.1 Å². The van der Waals surface area contributed by atoms with Crippen LogP contribution in [0.25, 0.3) is 17.4 Å². The minimum Gasteiger partial charge on any atom is -0.457 e. The predicted octanol–water partition coefficient (Wildman–Crippen LogP) is 2.65. The summed E-state index contributed by atoms with van der Waals surface area (Å²) in [6.07, 6.45) is 2.73. The molecule has 0 spiro atoms. The number of rotatable bonds is 4. The Kier molecular flexibility index (Phi) is 3.61. The van der Waals surface area contributed by atoms with Gasteiger partial charge in [0.15, 0.2) is 5.78 Å². The molecule has 2 N–H and O–H groups in total. The largest absolute Gasteiger partial charge is 0.457 e. The third-order valence-corrected chi connectivity index (χ3v) is 2.59. The highest BCUT2D eigenvalue weighted by Gasteiger charge is 2.06. The molecule has 0 bridgehead atoms. The van der Waals surface area contributed by atoms with Crippen LogP contribution in [-0.2, 0) is 4.79 Å². The van der Waals surface area contributed by atoms with E-state index in [1.54, 1.807) is 30.3 Å². The van der Waals surface area contributed by atoms with Crippen molar-refractivity contribution in [3.05, 3.63) is 53.8 Å². The molecule has 0 aliphatic carbocycles. The maximum atomic E-state index is 11.3. The van der Waals surface area contributed by atoms with Crippen molar-refractivity contribution in [3.8, 4) is 11.3 Å². The number of ketones is 1. The number of amides is 1. The van der Waals surface area contributed by atoms with Crippen LogP contribution in [0.4, 0.5) is 0 Å². The molecule has 0 atom stereocenters. The average Bonchev–Trinajstić information content (AvgIpc) is 2.85. The van der Waals surface area contributed by atoms with Crippen LogP contribution in [0.2, 0.25) is 0 Å². The van der Waals surface area contributed by atoms with Gasteiger partial charge in [-0.1, -0.05) is 18.2 Å². The van der Waals surface area contributed by atoms with E-state index in [2.05, 4.69) is 0 Å². The molecule has 1 aromatic heterocycles. The Morgan fingerprint density at radius 2 is 2.00 bits per heavy atom. The number of furan rings is 1. The lowest BCUT2D eigenvalue weighted by Gasteiger charge is -1.99. The van der Waals surface area contributed by atoms with Crippen LogP contribution in [0.15, 0.2) is 46.9 Å². The van der Waals surface area contributed by atoms with Gasteiger partial charge < -0.3 is 10.2 Å². The highest BCUT2D eigenvalue weighted by molar-refractivity contribution is 5.95. The SMILES string of the molecule is CC(=O)c1cccc(-c2ccc(/C=C\C(N)=O)o2)c1. The molecule has 4 nitrogen and oxygen atoms in total. The molecule has 2 rings (SSSR count). The van der Waals surface area contributed by atoms with Crippen molar-refractivity contribution in [1.82, 2.24) is 0 Å². The van der Waals surface area contributed by atoms with E-state index in [-0.39, 0.29) is 5.78 Å². The number of carbonyl (C=O) groups excluding carboxylic acids is 2. The van der Waals surface area contributed by atoms with Crippen molar-refractivity contribution in [2.24, 2.45) is 5.73 Å². The van der Waals surface area contributed by atoms with Crippen molar-refractivity contribution in [2.75, 3.05) is 0 Å². The van der Waals surface area contributed by atoms with Gasteiger partial charge in [-0.2, -0.15) is 0 Å². The summed E-state index contributed by atoms with van der Waals surface area (Å²) in [4.78, 5) is 21.9. The van der Waals surface area contributed by atoms with Crippen molar-refractivity contribution in [2.45, 2.75) is 6.92 Å². The molecule has 0 aliphatic rings. The summed E-state index contributed by atoms with van der Waals surface area (Å²) in [5, 5.41) is 0. The van der Waals surface area contributed by atoms with E-state index < -0.39 is 5.91 Å². The fourth-order valence-corrected chi connectivity index (χ4v) is 1.65. The summed E-state index contributed by atoms with van der Waals surface area (Å²) < 4.78 is 5.55. The molecule has 1 aromatic carbocycles. The number of primary amides is 1. The Morgan fingerprint density at radius 3 is 2.68 bits per heavy atom. The predicted molar refractivity (Wildman–Crippen MR) is 72.4 cm³/mol. The standard InChI is InChI=1S/C15H13NO3/c1-10(17)11-3-2-4-12(9-11)14-7-5-13(19-14)6-8-15(16)18/h2-9H,1H3,(H2,16,18)/b8-6-. The molecule has 1 heterocycles. The van der Waals surface area contributed by atoms with Crippen LogP contribution < -0.4 is 5.73 Å². The van der Waals surface area contributed by atoms with Gasteiger partial charge in [0, 0.05) is 17.2 Å². The van der Waals surface area contributed by atoms with Gasteiger partial charge in [0.05, 0.1) is 0 Å². The van der Waals surface area contributed by atoms with Gasteiger partial charge in [-0.3, -0.25) is 9.59 Å². The normalized spacial score (nSPS) is 10.8. The molecular formula is C15H13NO3. The maximum Gasteiger partial charge on any atom is 0.241 e. The minimum absolute atomic E-state index is 0.00209. The topological polar surface area (TPSA) is 73.3 Å². The molecule has 0 fully saturated rings. The number of carbonyl (C=O) groups is 2. The monoisotopic (exact) mass is 255 g/mol. The average molecular weight is 255 g/mol. The molecule has 0 saturated heterocycles. The minimum atomic E-state index is -0.531. The number of Topliss-reactive ketones (excluding diaryl/α,β-unsaturated/α-hetero) is 1. The van der Waals surface area contributed by atoms with Crippen LogP contribution in [0, 0.1) is 0 Å². The van der Waals surface area contributed by atoms with E-state index in [1.807, 2.05) is 6.07 Å². The van der Waals surface area contributed by atoms with Crippen LogP contribution in [-0.4, -0.2) is 11.7 Å². The summed E-state index contributed by atoms with van der Waals surface area (Å²) in [6.45, 7) is 1.52. The maximum absolute atomic E-state index is 11.3. The Hall–Kier alpha value is -2.62. The Bertz CT molecular complexity index is 653. The van der Waals surface area contributed by atoms with Crippen LogP contribution in [0.1, 0.15) is 23.0 Å². The third kappa shape index (κ3) is 3.19. The van der Waals surface area contributed by atoms with Crippen LogP contribution in [0.5, 0.6) is 0 Å². The molecular weight excluding hydrogens is 242 g/mol. The molecule has 4 heteroatoms. The Morgan fingerprint density at radius 1 is 1.21 bits per heavy atom. The van der Waals surface area contributed by atoms with Crippen LogP contribution in [0.3, 0.4) is 0 Å². The molecule has 0 aliphatic heterocycles. The zero-order valence-corrected chi connectivity index (χ0v) is 10.4. The fraction of sp³-hybridized carbons (Fsp3) is 0.0667. The van der Waals surface area contributed by atoms with Crippen molar-refractivity contribution < 1.29 is 14.0 Å². The Balaban J connectivity index is 2.30. The highest BCUT2D eigenvalue weighted by Crippen LogP contribution is 2.23. The highest BCUT2D eigenvalue weighted by atomic mass is 16.3. The summed E-state index contributed by atoms with van der Waals surface area (Å²) in [5.74, 6) is 0.632. The summed E-state index contributed by atoms with van der Waals surface area (Å²) >= 11 is 0. The lowest BCUT2D eigenvalue weighted by atomic mass is 10.1. The number of hydrogen-bond acceptors (Lipinski definition) is 3. The van der Waals surface area contributed by atoms with Gasteiger partial charge in [0.25, 0.3) is 0 Å². The third-order valence-electron chi connectivity index (χ3n) is 2.59. The van der Waals surface area contributed by atoms with E-state index in [0.717, 1.165) is 5.56 Å². The zero-order chi connectivity index (χ0) is 13.8. The molecule has 96 valence electrons. The van der Waals surface area contributed by atoms with Gasteiger partial charge in [0.2, 0.25) is 5.91 Å². The van der Waals surface area contributed by atoms with Crippen molar-refractivity contribution in [1.29, 1.82) is 0 Å².